The Bertz CT molecular complexity index is 624. The summed E-state index contributed by atoms with van der Waals surface area (Å²) in [6, 6.07) is -0.232. The molecule has 0 N–H and O–H groups in total. The van der Waals surface area contributed by atoms with E-state index in [1.165, 1.54) is 103 Å². The van der Waals surface area contributed by atoms with Crippen molar-refractivity contribution in [2.45, 2.75) is 193 Å². The minimum absolute atomic E-state index is 0.0270. The summed E-state index contributed by atoms with van der Waals surface area (Å²) in [4.78, 5) is 16.6. The zero-order valence-electron chi connectivity index (χ0n) is 26.5. The predicted octanol–water partition coefficient (Wildman–Crippen LogP) is 11.2. The molecule has 0 radical (unpaired) electrons. The first-order valence-electron chi connectivity index (χ1n) is 17.6. The zero-order chi connectivity index (χ0) is 28.5. The van der Waals surface area contributed by atoms with Crippen LogP contribution in [0.2, 0.25) is 0 Å². The second kappa shape index (κ2) is 19.6. The number of hydrogen-bond acceptors (Lipinski definition) is 2. The largest absolute Gasteiger partial charge is 0.298 e. The number of hydrogen-bond donors (Lipinski definition) is 0. The van der Waals surface area contributed by atoms with E-state index in [1.807, 2.05) is 0 Å². The van der Waals surface area contributed by atoms with Crippen molar-refractivity contribution in [3.8, 4) is 0 Å². The third-order valence-corrected chi connectivity index (χ3v) is 9.88. The minimum atomic E-state index is -2.63. The van der Waals surface area contributed by atoms with Gasteiger partial charge in [-0.05, 0) is 25.7 Å². The van der Waals surface area contributed by atoms with Crippen LogP contribution in [0.3, 0.4) is 0 Å². The van der Waals surface area contributed by atoms with Gasteiger partial charge in [-0.3, -0.25) is 9.69 Å². The number of Topliss-reactive ketones (excluding diaryl/α,β-unsaturated/α-hetero) is 1. The molecule has 0 aromatic carbocycles. The van der Waals surface area contributed by atoms with E-state index in [0.29, 0.717) is 12.6 Å². The lowest BCUT2D eigenvalue weighted by atomic mass is 9.85. The number of carbonyl (C=O) groups is 1. The Balaban J connectivity index is 2.12. The van der Waals surface area contributed by atoms with Crippen LogP contribution in [0.4, 0.5) is 8.78 Å². The molecule has 1 heterocycles. The zero-order valence-corrected chi connectivity index (χ0v) is 26.5. The van der Waals surface area contributed by atoms with Gasteiger partial charge in [-0.25, -0.2) is 8.78 Å². The maximum Gasteiger partial charge on any atom is 0.257 e. The van der Waals surface area contributed by atoms with Gasteiger partial charge in [-0.15, -0.1) is 0 Å². The van der Waals surface area contributed by atoms with Crippen LogP contribution >= 0.6 is 0 Å². The summed E-state index contributed by atoms with van der Waals surface area (Å²) in [5, 5.41) is 0. The highest BCUT2D eigenvalue weighted by Crippen LogP contribution is 2.63. The van der Waals surface area contributed by atoms with Crippen LogP contribution in [-0.2, 0) is 4.79 Å². The van der Waals surface area contributed by atoms with Gasteiger partial charge in [0.2, 0.25) is 0 Å². The normalized spacial score (nSPS) is 22.9. The maximum absolute atomic E-state index is 14.9. The van der Waals surface area contributed by atoms with E-state index in [9.17, 15) is 13.6 Å². The SMILES string of the molecule is CCCCCCCC(CCCCCC)C(=O)[C@@H]1[C@@H]2[C@H](CN1C(CCCCCCC)CCCCCCC)C2(F)F. The number of ketones is 1. The van der Waals surface area contributed by atoms with E-state index in [2.05, 4.69) is 32.6 Å². The second-order valence-electron chi connectivity index (χ2n) is 13.2. The smallest absolute Gasteiger partial charge is 0.257 e. The van der Waals surface area contributed by atoms with E-state index in [1.54, 1.807) is 0 Å². The number of likely N-dealkylation sites (tertiary alicyclic amines) is 1. The Morgan fingerprint density at radius 2 is 1.03 bits per heavy atom. The van der Waals surface area contributed by atoms with Crippen LogP contribution < -0.4 is 0 Å². The van der Waals surface area contributed by atoms with Crippen LogP contribution in [0.5, 0.6) is 0 Å². The lowest BCUT2D eigenvalue weighted by Crippen LogP contribution is -2.50. The van der Waals surface area contributed by atoms with Crippen LogP contribution in [-0.4, -0.2) is 35.2 Å². The average Bonchev–Trinajstić information content (AvgIpc) is 3.24. The number of nitrogens with zero attached hydrogens (tertiary/aromatic N) is 1. The second-order valence-corrected chi connectivity index (χ2v) is 13.2. The molecule has 0 amide bonds. The van der Waals surface area contributed by atoms with Gasteiger partial charge < -0.3 is 0 Å². The molecule has 1 aliphatic heterocycles. The third kappa shape index (κ3) is 11.4. The van der Waals surface area contributed by atoms with Crippen molar-refractivity contribution in [3.05, 3.63) is 0 Å². The average molecular weight is 554 g/mol. The number of unbranched alkanes of at least 4 members (excludes halogenated alkanes) is 15. The van der Waals surface area contributed by atoms with Crippen LogP contribution in [0.25, 0.3) is 0 Å². The summed E-state index contributed by atoms with van der Waals surface area (Å²) < 4.78 is 29.8. The van der Waals surface area contributed by atoms with Crippen molar-refractivity contribution in [1.82, 2.24) is 4.90 Å². The molecule has 1 saturated heterocycles. The number of alkyl halides is 2. The summed E-state index contributed by atoms with van der Waals surface area (Å²) in [6.07, 6.45) is 26.8. The summed E-state index contributed by atoms with van der Waals surface area (Å²) in [7, 11) is 0. The van der Waals surface area contributed by atoms with E-state index in [4.69, 9.17) is 0 Å². The molecule has 4 heteroatoms. The number of rotatable bonds is 26. The number of carbonyl (C=O) groups excluding carboxylic acids is 1. The molecule has 0 aromatic rings. The summed E-state index contributed by atoms with van der Waals surface area (Å²) in [5.41, 5.74) is 0. The van der Waals surface area contributed by atoms with Crippen molar-refractivity contribution in [2.75, 3.05) is 6.54 Å². The lowest BCUT2D eigenvalue weighted by Gasteiger charge is -2.37. The highest BCUT2D eigenvalue weighted by atomic mass is 19.3. The van der Waals surface area contributed by atoms with E-state index >= 15 is 0 Å². The van der Waals surface area contributed by atoms with Crippen LogP contribution in [0, 0.1) is 17.8 Å². The molecule has 4 atom stereocenters. The number of fused-ring (bicyclic) bond motifs is 1. The molecule has 2 aliphatic rings. The Kier molecular flexibility index (Phi) is 17.4. The van der Waals surface area contributed by atoms with Crippen molar-refractivity contribution < 1.29 is 13.6 Å². The van der Waals surface area contributed by atoms with Gasteiger partial charge in [0.15, 0.2) is 5.78 Å². The van der Waals surface area contributed by atoms with Crippen LogP contribution in [0.1, 0.15) is 175 Å². The number of halogens is 2. The summed E-state index contributed by atoms with van der Waals surface area (Å²) in [6.45, 7) is 9.38. The van der Waals surface area contributed by atoms with Gasteiger partial charge in [0, 0.05) is 24.4 Å². The molecule has 2 rings (SSSR count). The Morgan fingerprint density at radius 3 is 1.46 bits per heavy atom. The first-order valence-corrected chi connectivity index (χ1v) is 17.6. The fraction of sp³-hybridized carbons (Fsp3) is 0.971. The van der Waals surface area contributed by atoms with Crippen LogP contribution in [0.15, 0.2) is 0 Å². The predicted molar refractivity (Wildman–Crippen MR) is 164 cm³/mol. The van der Waals surface area contributed by atoms with E-state index < -0.39 is 23.8 Å². The fourth-order valence-electron chi connectivity index (χ4n) is 7.27. The molecular weight excluding hydrogens is 488 g/mol. The van der Waals surface area contributed by atoms with Gasteiger partial charge in [-0.2, -0.15) is 0 Å². The first-order chi connectivity index (χ1) is 18.9. The van der Waals surface area contributed by atoms with Gasteiger partial charge in [-0.1, -0.05) is 150 Å². The minimum Gasteiger partial charge on any atom is -0.298 e. The van der Waals surface area contributed by atoms with Crippen molar-refractivity contribution in [1.29, 1.82) is 0 Å². The summed E-state index contributed by atoms with van der Waals surface area (Å²) in [5.74, 6) is -3.77. The quantitative estimate of drug-likeness (QED) is 0.0993. The number of piperidine rings is 1. The molecule has 1 unspecified atom stereocenters. The van der Waals surface area contributed by atoms with Gasteiger partial charge >= 0.3 is 0 Å². The molecule has 1 aliphatic carbocycles. The Hall–Kier alpha value is -0.510. The molecule has 0 bridgehead atoms. The standard InChI is InChI=1S/C35H65F2NO/c1-5-9-13-17-21-25-29(24-20-16-12-8-4)34(39)33-32-31(35(32,36)37)28-38(33)30(26-22-18-14-10-6-2)27-23-19-15-11-7-3/h29-33H,5-28H2,1-4H3/t29?,31-,32-,33-/m0/s1. The molecule has 1 saturated carbocycles. The lowest BCUT2D eigenvalue weighted by molar-refractivity contribution is -0.132. The van der Waals surface area contributed by atoms with Gasteiger partial charge in [0.05, 0.1) is 12.0 Å². The van der Waals surface area contributed by atoms with Crippen molar-refractivity contribution in [3.63, 3.8) is 0 Å². The van der Waals surface area contributed by atoms with Gasteiger partial charge in [0.1, 0.15) is 0 Å². The molecular formula is C35H65F2NO. The molecule has 0 spiro atoms. The first kappa shape index (κ1) is 34.7. The maximum atomic E-state index is 14.9. The fourth-order valence-corrected chi connectivity index (χ4v) is 7.27. The molecule has 0 aromatic heterocycles. The van der Waals surface area contributed by atoms with Crippen molar-refractivity contribution >= 4 is 5.78 Å². The Labute approximate surface area is 241 Å². The highest BCUT2D eigenvalue weighted by molar-refractivity contribution is 5.88. The third-order valence-electron chi connectivity index (χ3n) is 9.88. The molecule has 230 valence electrons. The van der Waals surface area contributed by atoms with E-state index in [-0.39, 0.29) is 11.7 Å². The Morgan fingerprint density at radius 1 is 0.641 bits per heavy atom. The molecule has 39 heavy (non-hydrogen) atoms. The van der Waals surface area contributed by atoms with Crippen molar-refractivity contribution in [2.24, 2.45) is 17.8 Å². The van der Waals surface area contributed by atoms with Gasteiger partial charge in [0.25, 0.3) is 5.92 Å². The molecule has 2 fully saturated rings. The van der Waals surface area contributed by atoms with E-state index in [0.717, 1.165) is 44.9 Å². The molecule has 2 nitrogen and oxygen atoms in total. The topological polar surface area (TPSA) is 20.3 Å². The monoisotopic (exact) mass is 554 g/mol. The highest BCUT2D eigenvalue weighted by Gasteiger charge is 2.77. The summed E-state index contributed by atoms with van der Waals surface area (Å²) >= 11 is 0.